The van der Waals surface area contributed by atoms with Crippen LogP contribution in [0.1, 0.15) is 33.6 Å². The fourth-order valence-corrected chi connectivity index (χ4v) is 12.6. The maximum absolute atomic E-state index is 14.1. The number of benzene rings is 4. The van der Waals surface area contributed by atoms with Gasteiger partial charge in [-0.2, -0.15) is 4.73 Å². The summed E-state index contributed by atoms with van der Waals surface area (Å²) >= 11 is 13.1. The maximum atomic E-state index is 14.1. The van der Waals surface area contributed by atoms with Gasteiger partial charge in [0.25, 0.3) is 0 Å². The second-order valence-electron chi connectivity index (χ2n) is 10.9. The van der Waals surface area contributed by atoms with Gasteiger partial charge in [0.2, 0.25) is 0 Å². The summed E-state index contributed by atoms with van der Waals surface area (Å²) in [6, 6.07) is 35.3. The number of aromatic nitrogens is 1. The Morgan fingerprint density at radius 1 is 0.463 bits per heavy atom. The second kappa shape index (κ2) is 12.2. The van der Waals surface area contributed by atoms with E-state index in [0.29, 0.717) is 23.7 Å². The molecule has 41 heavy (non-hydrogen) atoms. The van der Waals surface area contributed by atoms with Crippen LogP contribution < -0.4 is 25.9 Å². The minimum Gasteiger partial charge on any atom is -0.618 e. The number of hydrogen-bond donors (Lipinski definition) is 0. The number of aryl methyl sites for hydroxylation is 4. The molecule has 0 N–H and O–H groups in total. The van der Waals surface area contributed by atoms with E-state index >= 15 is 0 Å². The third kappa shape index (κ3) is 6.32. The van der Waals surface area contributed by atoms with E-state index in [1.54, 1.807) is 0 Å². The highest BCUT2D eigenvalue weighted by molar-refractivity contribution is 8.21. The molecule has 4 aromatic carbocycles. The minimum absolute atomic E-state index is 0.504. The van der Waals surface area contributed by atoms with Gasteiger partial charge in [-0.25, -0.2) is 0 Å². The molecule has 0 unspecified atom stereocenters. The number of nitrogens with zero attached hydrogens (tertiary/aromatic N) is 1. The van der Waals surface area contributed by atoms with Crippen LogP contribution in [0.3, 0.4) is 0 Å². The van der Waals surface area contributed by atoms with E-state index in [4.69, 9.17) is 23.6 Å². The van der Waals surface area contributed by atoms with Gasteiger partial charge in [-0.1, -0.05) is 143 Å². The van der Waals surface area contributed by atoms with Crippen molar-refractivity contribution in [3.05, 3.63) is 154 Å². The van der Waals surface area contributed by atoms with Crippen molar-refractivity contribution in [2.24, 2.45) is 0 Å². The Morgan fingerprint density at radius 2 is 0.707 bits per heavy atom. The molecule has 0 amide bonds. The first-order valence-corrected chi connectivity index (χ1v) is 19.7. The lowest BCUT2D eigenvalue weighted by molar-refractivity contribution is -0.620. The van der Waals surface area contributed by atoms with E-state index in [0.717, 1.165) is 25.9 Å². The molecule has 5 rings (SSSR count). The molecule has 0 fully saturated rings. The molecule has 0 atom stereocenters. The van der Waals surface area contributed by atoms with Gasteiger partial charge in [-0.05, 0) is 55.0 Å². The summed E-state index contributed by atoms with van der Waals surface area (Å²) < 4.78 is 1.12. The van der Waals surface area contributed by atoms with E-state index in [1.165, 1.54) is 22.3 Å². The van der Waals surface area contributed by atoms with Crippen molar-refractivity contribution >= 4 is 56.9 Å². The van der Waals surface area contributed by atoms with Crippen LogP contribution >= 0.6 is 12.1 Å². The van der Waals surface area contributed by atoms with Crippen LogP contribution in [0.2, 0.25) is 0 Å². The molecule has 1 aromatic heterocycles. The van der Waals surface area contributed by atoms with Crippen LogP contribution in [0.4, 0.5) is 0 Å². The van der Waals surface area contributed by atoms with E-state index in [1.807, 2.05) is 18.2 Å². The zero-order valence-electron chi connectivity index (χ0n) is 24.0. The van der Waals surface area contributed by atoms with Gasteiger partial charge in [0.15, 0.2) is 11.4 Å². The van der Waals surface area contributed by atoms with Crippen LogP contribution in [0.25, 0.3) is 0 Å². The molecule has 6 heteroatoms. The van der Waals surface area contributed by atoms with Crippen molar-refractivity contribution < 1.29 is 4.73 Å². The third-order valence-corrected chi connectivity index (χ3v) is 17.0. The molecule has 0 aliphatic rings. The van der Waals surface area contributed by atoms with Crippen LogP contribution in [0.15, 0.2) is 115 Å². The highest BCUT2D eigenvalue weighted by Crippen LogP contribution is 2.49. The van der Waals surface area contributed by atoms with Crippen molar-refractivity contribution in [1.29, 1.82) is 0 Å². The summed E-state index contributed by atoms with van der Waals surface area (Å²) in [5.74, 6) is 0. The van der Waals surface area contributed by atoms with Gasteiger partial charge in [-0.15, -0.1) is 0 Å². The van der Waals surface area contributed by atoms with Gasteiger partial charge in [-0.3, -0.25) is 0 Å². The average Bonchev–Trinajstić information content (AvgIpc) is 2.96. The van der Waals surface area contributed by atoms with E-state index in [9.17, 15) is 5.21 Å². The zero-order valence-corrected chi connectivity index (χ0v) is 27.4. The van der Waals surface area contributed by atoms with Gasteiger partial charge in [0.05, 0.1) is 12.3 Å². The normalized spacial score (nSPS) is 11.9. The number of hydrogen-bond acceptors (Lipinski definition) is 3. The third-order valence-electron chi connectivity index (χ3n) is 7.67. The predicted octanol–water partition coefficient (Wildman–Crippen LogP) is 6.81. The molecule has 0 aliphatic carbocycles. The van der Waals surface area contributed by atoms with E-state index in [-0.39, 0.29) is 0 Å². The van der Waals surface area contributed by atoms with Gasteiger partial charge < -0.3 is 5.21 Å². The van der Waals surface area contributed by atoms with Crippen molar-refractivity contribution in [1.82, 2.24) is 0 Å². The number of pyridine rings is 1. The highest BCUT2D eigenvalue weighted by Gasteiger charge is 2.30. The molecule has 0 bridgehead atoms. The van der Waals surface area contributed by atoms with Crippen LogP contribution in [0, 0.1) is 32.9 Å². The summed E-state index contributed by atoms with van der Waals surface area (Å²) in [5, 5.41) is 18.6. The zero-order chi connectivity index (χ0) is 29.2. The lowest BCUT2D eigenvalue weighted by atomic mass is 10.2. The smallest absolute Gasteiger partial charge is 0.198 e. The van der Waals surface area contributed by atoms with Gasteiger partial charge in [0.1, 0.15) is 0 Å². The molecular weight excluding hydrogens is 576 g/mol. The quantitative estimate of drug-likeness (QED) is 0.110. The Kier molecular flexibility index (Phi) is 8.78. The topological polar surface area (TPSA) is 26.9 Å². The molecule has 1 heterocycles. The van der Waals surface area contributed by atoms with Crippen molar-refractivity contribution in [3.63, 3.8) is 0 Å². The fourth-order valence-electron chi connectivity index (χ4n) is 5.09. The molecule has 0 spiro atoms. The Hall–Kier alpha value is -2.87. The highest BCUT2D eigenvalue weighted by atomic mass is 32.4. The summed E-state index contributed by atoms with van der Waals surface area (Å²) in [5.41, 5.74) is 6.16. The first kappa shape index (κ1) is 29.6. The standard InChI is InChI=1S/C35H35NOP2S2/c1-26-8-16-32(17-9-26)38(40,33-18-10-27(2)11-19-33)24-30-6-5-7-31(36(30)37)25-39(41,34-20-12-28(3)13-21-34)35-22-14-29(4)15-23-35/h5-23H,24-25H2,1-4H3. The van der Waals surface area contributed by atoms with Crippen molar-refractivity contribution in [3.8, 4) is 0 Å². The Balaban J connectivity index is 1.59. The minimum atomic E-state index is -2.32. The van der Waals surface area contributed by atoms with Gasteiger partial charge in [0, 0.05) is 24.2 Å². The second-order valence-corrected chi connectivity index (χ2v) is 20.3. The Morgan fingerprint density at radius 3 is 0.951 bits per heavy atom. The molecular formula is C35H35NOP2S2. The molecule has 5 aromatic rings. The summed E-state index contributed by atoms with van der Waals surface area (Å²) in [6.45, 7) is 8.34. The van der Waals surface area contributed by atoms with Crippen LogP contribution in [-0.2, 0) is 35.9 Å². The molecule has 0 saturated heterocycles. The van der Waals surface area contributed by atoms with Gasteiger partial charge >= 0.3 is 0 Å². The van der Waals surface area contributed by atoms with Crippen molar-refractivity contribution in [2.75, 3.05) is 0 Å². The average molecular weight is 612 g/mol. The van der Waals surface area contributed by atoms with Crippen LogP contribution in [-0.4, -0.2) is 0 Å². The van der Waals surface area contributed by atoms with E-state index < -0.39 is 12.1 Å². The van der Waals surface area contributed by atoms with Crippen molar-refractivity contribution in [2.45, 2.75) is 40.0 Å². The summed E-state index contributed by atoms with van der Waals surface area (Å²) in [7, 11) is 0. The van der Waals surface area contributed by atoms with E-state index in [2.05, 4.69) is 125 Å². The first-order chi connectivity index (χ1) is 19.6. The summed E-state index contributed by atoms with van der Waals surface area (Å²) in [4.78, 5) is 0. The monoisotopic (exact) mass is 611 g/mol. The first-order valence-electron chi connectivity index (χ1n) is 13.8. The number of rotatable bonds is 8. The maximum Gasteiger partial charge on any atom is 0.198 e. The summed E-state index contributed by atoms with van der Waals surface area (Å²) in [6.07, 6.45) is 1.01. The molecule has 0 aliphatic heterocycles. The largest absolute Gasteiger partial charge is 0.618 e. The fraction of sp³-hybridized carbons (Fsp3) is 0.171. The lowest BCUT2D eigenvalue weighted by Gasteiger charge is -2.25. The Bertz CT molecular complexity index is 1530. The molecule has 0 saturated carbocycles. The molecule has 0 radical (unpaired) electrons. The Labute approximate surface area is 254 Å². The predicted molar refractivity (Wildman–Crippen MR) is 185 cm³/mol. The molecule has 2 nitrogen and oxygen atoms in total. The lowest BCUT2D eigenvalue weighted by Crippen LogP contribution is -2.38. The molecule has 208 valence electrons. The SMILES string of the molecule is Cc1ccc(P(=S)(Cc2cccc(CP(=S)(c3ccc(C)cc3)c3ccc(C)cc3)[n+]2[O-])c2ccc(C)cc2)cc1. The van der Waals surface area contributed by atoms with Crippen LogP contribution in [0.5, 0.6) is 0 Å².